The van der Waals surface area contributed by atoms with Crippen molar-refractivity contribution in [2.75, 3.05) is 0 Å². The van der Waals surface area contributed by atoms with E-state index in [-0.39, 0.29) is 0 Å². The molecule has 0 nitrogen and oxygen atoms in total. The van der Waals surface area contributed by atoms with Gasteiger partial charge in [-0.25, -0.2) is 0 Å². The standard InChI is InChI=1S/C19H36/c1-5-6-7-8-9-10-11-12-13-14-15-16-17-18-19(2,3)4/h7-8,10-11H,5-6,9,12-18H2,1-4H3/b8-7+,11-10+. The van der Waals surface area contributed by atoms with E-state index in [1.54, 1.807) is 0 Å². The van der Waals surface area contributed by atoms with E-state index >= 15 is 0 Å². The van der Waals surface area contributed by atoms with Gasteiger partial charge >= 0.3 is 0 Å². The van der Waals surface area contributed by atoms with Crippen molar-refractivity contribution in [2.24, 2.45) is 5.41 Å². The third-order valence-electron chi connectivity index (χ3n) is 3.36. The van der Waals surface area contributed by atoms with Gasteiger partial charge in [0.25, 0.3) is 0 Å². The maximum Gasteiger partial charge on any atom is -0.0169 e. The molecule has 0 bridgehead atoms. The average Bonchev–Trinajstić information content (AvgIpc) is 2.34. The van der Waals surface area contributed by atoms with Gasteiger partial charge in [-0.15, -0.1) is 0 Å². The van der Waals surface area contributed by atoms with E-state index in [4.69, 9.17) is 0 Å². The predicted octanol–water partition coefficient (Wildman–Crippen LogP) is 7.07. The smallest absolute Gasteiger partial charge is 0.0169 e. The summed E-state index contributed by atoms with van der Waals surface area (Å²) in [4.78, 5) is 0. The molecule has 19 heavy (non-hydrogen) atoms. The minimum Gasteiger partial charge on any atom is -0.0882 e. The van der Waals surface area contributed by atoms with E-state index in [0.717, 1.165) is 6.42 Å². The van der Waals surface area contributed by atoms with Gasteiger partial charge in [-0.2, -0.15) is 0 Å². The Bertz CT molecular complexity index is 227. The van der Waals surface area contributed by atoms with Crippen LogP contribution in [0.25, 0.3) is 0 Å². The number of rotatable bonds is 11. The van der Waals surface area contributed by atoms with Gasteiger partial charge in [0.2, 0.25) is 0 Å². The highest BCUT2D eigenvalue weighted by Crippen LogP contribution is 2.22. The van der Waals surface area contributed by atoms with Crippen molar-refractivity contribution in [3.8, 4) is 0 Å². The van der Waals surface area contributed by atoms with Crippen molar-refractivity contribution in [3.63, 3.8) is 0 Å². The Morgan fingerprint density at radius 1 is 0.684 bits per heavy atom. The summed E-state index contributed by atoms with van der Waals surface area (Å²) in [6.45, 7) is 9.24. The van der Waals surface area contributed by atoms with Crippen molar-refractivity contribution < 1.29 is 0 Å². The molecule has 0 radical (unpaired) electrons. The van der Waals surface area contributed by atoms with Crippen LogP contribution < -0.4 is 0 Å². The highest BCUT2D eigenvalue weighted by atomic mass is 14.1. The monoisotopic (exact) mass is 264 g/mol. The second-order valence-corrected chi connectivity index (χ2v) is 6.83. The second-order valence-electron chi connectivity index (χ2n) is 6.83. The first kappa shape index (κ1) is 18.5. The zero-order valence-electron chi connectivity index (χ0n) is 13.9. The lowest BCUT2D eigenvalue weighted by Crippen LogP contribution is -2.03. The summed E-state index contributed by atoms with van der Waals surface area (Å²) in [5.41, 5.74) is 0.522. The van der Waals surface area contributed by atoms with Crippen molar-refractivity contribution in [1.29, 1.82) is 0 Å². The summed E-state index contributed by atoms with van der Waals surface area (Å²) >= 11 is 0. The van der Waals surface area contributed by atoms with Crippen molar-refractivity contribution in [3.05, 3.63) is 24.3 Å². The molecule has 0 aliphatic carbocycles. The Morgan fingerprint density at radius 3 is 1.89 bits per heavy atom. The average molecular weight is 264 g/mol. The molecule has 0 heteroatoms. The van der Waals surface area contributed by atoms with E-state index in [1.807, 2.05) is 0 Å². The molecule has 0 rings (SSSR count). The Labute approximate surface area is 122 Å². The van der Waals surface area contributed by atoms with Gasteiger partial charge in [-0.3, -0.25) is 0 Å². The van der Waals surface area contributed by atoms with Crippen molar-refractivity contribution >= 4 is 0 Å². The summed E-state index contributed by atoms with van der Waals surface area (Å²) in [6, 6.07) is 0. The zero-order valence-corrected chi connectivity index (χ0v) is 13.9. The van der Waals surface area contributed by atoms with Crippen LogP contribution in [0.2, 0.25) is 0 Å². The Hall–Kier alpha value is -0.520. The predicted molar refractivity (Wildman–Crippen MR) is 89.6 cm³/mol. The van der Waals surface area contributed by atoms with Gasteiger partial charge in [0, 0.05) is 0 Å². The van der Waals surface area contributed by atoms with E-state index < -0.39 is 0 Å². The summed E-state index contributed by atoms with van der Waals surface area (Å²) in [5, 5.41) is 0. The third-order valence-corrected chi connectivity index (χ3v) is 3.36. The number of hydrogen-bond donors (Lipinski definition) is 0. The molecule has 0 unspecified atom stereocenters. The largest absolute Gasteiger partial charge is 0.0882 e. The van der Waals surface area contributed by atoms with Crippen LogP contribution in [-0.4, -0.2) is 0 Å². The molecule has 0 heterocycles. The van der Waals surface area contributed by atoms with Gasteiger partial charge in [0.1, 0.15) is 0 Å². The van der Waals surface area contributed by atoms with Crippen LogP contribution in [-0.2, 0) is 0 Å². The fraction of sp³-hybridized carbons (Fsp3) is 0.789. The van der Waals surface area contributed by atoms with Crippen LogP contribution in [0.3, 0.4) is 0 Å². The summed E-state index contributed by atoms with van der Waals surface area (Å²) < 4.78 is 0. The first-order chi connectivity index (χ1) is 9.06. The Kier molecular flexibility index (Phi) is 12.2. The van der Waals surface area contributed by atoms with E-state index in [0.29, 0.717) is 5.41 Å². The van der Waals surface area contributed by atoms with Crippen molar-refractivity contribution in [1.82, 2.24) is 0 Å². The lowest BCUT2D eigenvalue weighted by molar-refractivity contribution is 0.356. The maximum atomic E-state index is 2.35. The topological polar surface area (TPSA) is 0 Å². The van der Waals surface area contributed by atoms with Gasteiger partial charge in [0.15, 0.2) is 0 Å². The second kappa shape index (κ2) is 12.5. The van der Waals surface area contributed by atoms with Crippen LogP contribution in [0.1, 0.15) is 91.9 Å². The van der Waals surface area contributed by atoms with E-state index in [1.165, 1.54) is 57.8 Å². The molecule has 0 aromatic rings. The highest BCUT2D eigenvalue weighted by molar-refractivity contribution is 4.92. The normalized spacial score (nSPS) is 12.8. The van der Waals surface area contributed by atoms with E-state index in [9.17, 15) is 0 Å². The van der Waals surface area contributed by atoms with Crippen molar-refractivity contribution in [2.45, 2.75) is 91.9 Å². The van der Waals surface area contributed by atoms with Crippen LogP contribution in [0.15, 0.2) is 24.3 Å². The molecular weight excluding hydrogens is 228 g/mol. The first-order valence-electron chi connectivity index (χ1n) is 8.36. The molecule has 0 saturated heterocycles. The van der Waals surface area contributed by atoms with Gasteiger partial charge in [-0.05, 0) is 37.5 Å². The van der Waals surface area contributed by atoms with Crippen LogP contribution in [0, 0.1) is 5.41 Å². The molecule has 0 aromatic heterocycles. The van der Waals surface area contributed by atoms with Crippen LogP contribution >= 0.6 is 0 Å². The lowest BCUT2D eigenvalue weighted by atomic mass is 9.89. The number of hydrogen-bond acceptors (Lipinski definition) is 0. The quantitative estimate of drug-likeness (QED) is 0.276. The van der Waals surface area contributed by atoms with Gasteiger partial charge in [0.05, 0.1) is 0 Å². The number of allylic oxidation sites excluding steroid dienone is 4. The minimum absolute atomic E-state index is 0.522. The van der Waals surface area contributed by atoms with E-state index in [2.05, 4.69) is 52.0 Å². The lowest BCUT2D eigenvalue weighted by Gasteiger charge is -2.17. The first-order valence-corrected chi connectivity index (χ1v) is 8.36. The van der Waals surface area contributed by atoms with Gasteiger partial charge in [-0.1, -0.05) is 84.1 Å². The fourth-order valence-corrected chi connectivity index (χ4v) is 2.12. The molecule has 0 amide bonds. The van der Waals surface area contributed by atoms with Crippen LogP contribution in [0.4, 0.5) is 0 Å². The maximum absolute atomic E-state index is 2.35. The molecule has 0 spiro atoms. The summed E-state index contributed by atoms with van der Waals surface area (Å²) in [7, 11) is 0. The molecule has 0 aliphatic rings. The minimum atomic E-state index is 0.522. The summed E-state index contributed by atoms with van der Waals surface area (Å²) in [5.74, 6) is 0. The molecule has 0 atom stereocenters. The molecule has 112 valence electrons. The molecule has 0 aliphatic heterocycles. The SMILES string of the molecule is CCC/C=C/C/C=C/CCCCCCCC(C)(C)C. The van der Waals surface area contributed by atoms with Crippen LogP contribution in [0.5, 0.6) is 0 Å². The zero-order chi connectivity index (χ0) is 14.4. The summed E-state index contributed by atoms with van der Waals surface area (Å²) in [6.07, 6.45) is 22.5. The number of unbranched alkanes of at least 4 members (excludes halogenated alkanes) is 6. The van der Waals surface area contributed by atoms with Gasteiger partial charge < -0.3 is 0 Å². The third kappa shape index (κ3) is 17.5. The molecule has 0 fully saturated rings. The molecule has 0 N–H and O–H groups in total. The molecule has 0 aromatic carbocycles. The molecule has 0 saturated carbocycles. The Balaban J connectivity index is 3.20. The Morgan fingerprint density at radius 2 is 1.26 bits per heavy atom. The highest BCUT2D eigenvalue weighted by Gasteiger charge is 2.08. The fourth-order valence-electron chi connectivity index (χ4n) is 2.12. The molecular formula is C19H36.